The maximum atomic E-state index is 5.36. The molecule has 0 aliphatic rings. The minimum Gasteiger partial charge on any atom is -0.381 e. The van der Waals surface area contributed by atoms with Gasteiger partial charge in [-0.05, 0) is 33.0 Å². The van der Waals surface area contributed by atoms with E-state index in [9.17, 15) is 0 Å². The van der Waals surface area contributed by atoms with Crippen molar-refractivity contribution in [2.24, 2.45) is 5.73 Å². The van der Waals surface area contributed by atoms with Crippen molar-refractivity contribution in [2.75, 3.05) is 39.9 Å². The zero-order valence-corrected chi connectivity index (χ0v) is 10.4. The quantitative estimate of drug-likeness (QED) is 0.617. The molecule has 0 fully saturated rings. The van der Waals surface area contributed by atoms with Crippen LogP contribution in [0.4, 0.5) is 0 Å². The van der Waals surface area contributed by atoms with Crippen LogP contribution < -0.4 is 5.73 Å². The first kappa shape index (κ1) is 16.3. The molecule has 0 aliphatic carbocycles. The Labute approximate surface area is 91.1 Å². The standard InChI is InChI=1S/C9H22N2O.C2H6.H2/c1-3-11(2)7-5-9-12-8-4-6-10;1-2;/h3-10H2,1-2H3;1-2H3;1H. The summed E-state index contributed by atoms with van der Waals surface area (Å²) >= 11 is 0. The molecule has 0 unspecified atom stereocenters. The summed E-state index contributed by atoms with van der Waals surface area (Å²) in [5.74, 6) is 0. The summed E-state index contributed by atoms with van der Waals surface area (Å²) in [7, 11) is 2.12. The van der Waals surface area contributed by atoms with Crippen molar-refractivity contribution in [2.45, 2.75) is 33.6 Å². The molecule has 0 aromatic carbocycles. The first-order valence-electron chi connectivity index (χ1n) is 5.77. The van der Waals surface area contributed by atoms with E-state index in [1.165, 1.54) is 0 Å². The Morgan fingerprint density at radius 3 is 2.29 bits per heavy atom. The van der Waals surface area contributed by atoms with E-state index >= 15 is 0 Å². The van der Waals surface area contributed by atoms with E-state index in [1.807, 2.05) is 13.8 Å². The van der Waals surface area contributed by atoms with Gasteiger partial charge in [0, 0.05) is 21.2 Å². The fourth-order valence-corrected chi connectivity index (χ4v) is 0.882. The molecule has 0 rings (SSSR count). The van der Waals surface area contributed by atoms with Crippen molar-refractivity contribution in [1.29, 1.82) is 0 Å². The number of hydrogen-bond donors (Lipinski definition) is 1. The first-order chi connectivity index (χ1) is 6.81. The van der Waals surface area contributed by atoms with Crippen LogP contribution in [0.2, 0.25) is 0 Å². The van der Waals surface area contributed by atoms with Gasteiger partial charge in [0.15, 0.2) is 0 Å². The topological polar surface area (TPSA) is 38.5 Å². The predicted molar refractivity (Wildman–Crippen MR) is 65.7 cm³/mol. The molecule has 0 spiro atoms. The molecule has 0 radical (unpaired) electrons. The molecule has 0 saturated carbocycles. The molecule has 0 heterocycles. The molecule has 0 atom stereocenters. The van der Waals surface area contributed by atoms with Gasteiger partial charge in [-0.25, -0.2) is 0 Å². The zero-order valence-electron chi connectivity index (χ0n) is 10.4. The van der Waals surface area contributed by atoms with E-state index in [0.717, 1.165) is 45.7 Å². The molecular formula is C11H30N2O. The molecule has 0 saturated heterocycles. The van der Waals surface area contributed by atoms with Gasteiger partial charge >= 0.3 is 0 Å². The number of ether oxygens (including phenoxy) is 1. The van der Waals surface area contributed by atoms with Gasteiger partial charge in [-0.15, -0.1) is 0 Å². The van der Waals surface area contributed by atoms with Crippen LogP contribution in [-0.2, 0) is 4.74 Å². The fraction of sp³-hybridized carbons (Fsp3) is 1.00. The highest BCUT2D eigenvalue weighted by Gasteiger charge is 1.93. The summed E-state index contributed by atoms with van der Waals surface area (Å²) in [5.41, 5.74) is 5.32. The van der Waals surface area contributed by atoms with E-state index in [1.54, 1.807) is 0 Å². The van der Waals surface area contributed by atoms with Crippen LogP contribution >= 0.6 is 0 Å². The minimum absolute atomic E-state index is 0. The van der Waals surface area contributed by atoms with Crippen LogP contribution in [0.3, 0.4) is 0 Å². The van der Waals surface area contributed by atoms with Crippen LogP contribution in [0.1, 0.15) is 35.0 Å². The largest absolute Gasteiger partial charge is 0.381 e. The van der Waals surface area contributed by atoms with E-state index in [0.29, 0.717) is 0 Å². The van der Waals surface area contributed by atoms with Gasteiger partial charge in [0.05, 0.1) is 0 Å². The molecule has 0 aromatic heterocycles. The second-order valence-electron chi connectivity index (χ2n) is 3.00. The summed E-state index contributed by atoms with van der Waals surface area (Å²) in [6.07, 6.45) is 2.10. The highest BCUT2D eigenvalue weighted by molar-refractivity contribution is 4.46. The smallest absolute Gasteiger partial charge is 0.0478 e. The van der Waals surface area contributed by atoms with E-state index < -0.39 is 0 Å². The Morgan fingerprint density at radius 2 is 1.79 bits per heavy atom. The number of rotatable bonds is 8. The molecular weight excluding hydrogens is 176 g/mol. The van der Waals surface area contributed by atoms with Gasteiger partial charge in [-0.2, -0.15) is 0 Å². The lowest BCUT2D eigenvalue weighted by Gasteiger charge is -2.12. The van der Waals surface area contributed by atoms with Crippen molar-refractivity contribution < 1.29 is 6.16 Å². The van der Waals surface area contributed by atoms with Crippen LogP contribution in [-0.4, -0.2) is 44.8 Å². The molecule has 14 heavy (non-hydrogen) atoms. The van der Waals surface area contributed by atoms with Crippen molar-refractivity contribution >= 4 is 0 Å². The Kier molecular flexibility index (Phi) is 17.9. The van der Waals surface area contributed by atoms with Gasteiger partial charge in [0.25, 0.3) is 0 Å². The van der Waals surface area contributed by atoms with Gasteiger partial charge in [-0.3, -0.25) is 0 Å². The molecule has 3 nitrogen and oxygen atoms in total. The van der Waals surface area contributed by atoms with Crippen molar-refractivity contribution in [3.63, 3.8) is 0 Å². The zero-order chi connectivity index (χ0) is 11.2. The van der Waals surface area contributed by atoms with Crippen molar-refractivity contribution in [3.8, 4) is 0 Å². The summed E-state index contributed by atoms with van der Waals surface area (Å²) in [5, 5.41) is 0. The average molecular weight is 206 g/mol. The third-order valence-electron chi connectivity index (χ3n) is 1.86. The summed E-state index contributed by atoms with van der Waals surface area (Å²) < 4.78 is 5.36. The molecule has 90 valence electrons. The maximum absolute atomic E-state index is 5.36. The van der Waals surface area contributed by atoms with Gasteiger partial charge in [-0.1, -0.05) is 20.8 Å². The average Bonchev–Trinajstić information content (AvgIpc) is 2.25. The van der Waals surface area contributed by atoms with E-state index in [2.05, 4.69) is 18.9 Å². The molecule has 0 amide bonds. The first-order valence-corrected chi connectivity index (χ1v) is 5.77. The predicted octanol–water partition coefficient (Wildman–Crippen LogP) is 1.97. The van der Waals surface area contributed by atoms with Crippen LogP contribution in [0.25, 0.3) is 0 Å². The fourth-order valence-electron chi connectivity index (χ4n) is 0.882. The van der Waals surface area contributed by atoms with Crippen LogP contribution in [0, 0.1) is 0 Å². The van der Waals surface area contributed by atoms with Crippen molar-refractivity contribution in [3.05, 3.63) is 0 Å². The lowest BCUT2D eigenvalue weighted by Crippen LogP contribution is -2.20. The Balaban J connectivity index is -0.000000449. The molecule has 2 N–H and O–H groups in total. The van der Waals surface area contributed by atoms with Gasteiger partial charge in [0.2, 0.25) is 0 Å². The third kappa shape index (κ3) is 14.4. The normalized spacial score (nSPS) is 9.86. The highest BCUT2D eigenvalue weighted by Crippen LogP contribution is 1.88. The SMILES string of the molecule is CC.CCN(C)CCCOCCCN.[HH]. The monoisotopic (exact) mass is 206 g/mol. The second kappa shape index (κ2) is 15.4. The van der Waals surface area contributed by atoms with Crippen LogP contribution in [0.15, 0.2) is 0 Å². The van der Waals surface area contributed by atoms with E-state index in [-0.39, 0.29) is 1.43 Å². The van der Waals surface area contributed by atoms with Gasteiger partial charge < -0.3 is 15.4 Å². The Hall–Kier alpha value is -0.120. The third-order valence-corrected chi connectivity index (χ3v) is 1.86. The lowest BCUT2D eigenvalue weighted by molar-refractivity contribution is 0.123. The maximum Gasteiger partial charge on any atom is 0.0478 e. The number of hydrogen-bond acceptors (Lipinski definition) is 3. The minimum atomic E-state index is 0. The Bertz CT molecular complexity index is 94.7. The molecule has 0 aromatic rings. The number of nitrogens with zero attached hydrogens (tertiary/aromatic N) is 1. The molecule has 0 aliphatic heterocycles. The van der Waals surface area contributed by atoms with E-state index in [4.69, 9.17) is 10.5 Å². The lowest BCUT2D eigenvalue weighted by atomic mass is 10.4. The summed E-state index contributed by atoms with van der Waals surface area (Å²) in [4.78, 5) is 2.28. The molecule has 0 bridgehead atoms. The summed E-state index contributed by atoms with van der Waals surface area (Å²) in [6, 6.07) is 0. The summed E-state index contributed by atoms with van der Waals surface area (Å²) in [6.45, 7) is 10.8. The number of nitrogens with two attached hydrogens (primary N) is 1. The highest BCUT2D eigenvalue weighted by atomic mass is 16.5. The molecule has 3 heteroatoms. The van der Waals surface area contributed by atoms with Crippen LogP contribution in [0.5, 0.6) is 0 Å². The van der Waals surface area contributed by atoms with Crippen molar-refractivity contribution in [1.82, 2.24) is 4.90 Å². The second-order valence-corrected chi connectivity index (χ2v) is 3.00. The Morgan fingerprint density at radius 1 is 1.21 bits per heavy atom. The van der Waals surface area contributed by atoms with Gasteiger partial charge in [0.1, 0.15) is 0 Å².